The summed E-state index contributed by atoms with van der Waals surface area (Å²) >= 11 is 0. The van der Waals surface area contributed by atoms with Crippen molar-refractivity contribution in [2.75, 3.05) is 27.4 Å². The van der Waals surface area contributed by atoms with E-state index < -0.39 is 32.4 Å². The van der Waals surface area contributed by atoms with E-state index in [1.807, 2.05) is 30.3 Å². The topological polar surface area (TPSA) is 84.9 Å². The fourth-order valence-electron chi connectivity index (χ4n) is 3.90. The van der Waals surface area contributed by atoms with Gasteiger partial charge in [0.2, 0.25) is 10.0 Å². The van der Waals surface area contributed by atoms with Crippen molar-refractivity contribution < 1.29 is 27.1 Å². The normalized spacial score (nSPS) is 22.4. The molecule has 1 fully saturated rings. The van der Waals surface area contributed by atoms with Crippen LogP contribution in [0.4, 0.5) is 4.39 Å². The molecule has 1 aliphatic rings. The first-order chi connectivity index (χ1) is 15.2. The van der Waals surface area contributed by atoms with Gasteiger partial charge in [-0.05, 0) is 11.6 Å². The average Bonchev–Trinajstić information content (AvgIpc) is 2.76. The number of carbonyl (C=O) groups excluding carboxylic acids is 1. The number of ether oxygens (including phenoxy) is 2. The standard InChI is InChI=1S/C23H27FN2O5S/c1-17-25-23(20-11-7-8-12-21(20)24,16-31-14-18-9-5-4-6-10-18)22(13-19(27)15-30-3)32(28,29)26(17)2/h4-12,22,25H,1,13-16H2,2-3H3/t22?,23-/m1/s1. The van der Waals surface area contributed by atoms with Gasteiger partial charge in [-0.2, -0.15) is 0 Å². The fourth-order valence-corrected chi connectivity index (χ4v) is 5.79. The Hall–Kier alpha value is -2.75. The van der Waals surface area contributed by atoms with E-state index in [-0.39, 0.29) is 37.6 Å². The minimum atomic E-state index is -4.08. The summed E-state index contributed by atoms with van der Waals surface area (Å²) in [6, 6.07) is 15.2. The monoisotopic (exact) mass is 462 g/mol. The smallest absolute Gasteiger partial charge is 0.242 e. The van der Waals surface area contributed by atoms with E-state index in [0.717, 1.165) is 9.87 Å². The maximum atomic E-state index is 15.1. The Morgan fingerprint density at radius 2 is 1.84 bits per heavy atom. The lowest BCUT2D eigenvalue weighted by Crippen LogP contribution is -2.66. The van der Waals surface area contributed by atoms with Crippen LogP contribution >= 0.6 is 0 Å². The fraction of sp³-hybridized carbons (Fsp3) is 0.348. The second-order valence-corrected chi connectivity index (χ2v) is 9.82. The van der Waals surface area contributed by atoms with Gasteiger partial charge in [0, 0.05) is 26.1 Å². The molecule has 172 valence electrons. The van der Waals surface area contributed by atoms with E-state index in [4.69, 9.17) is 9.47 Å². The van der Waals surface area contributed by atoms with Crippen molar-refractivity contribution in [1.82, 2.24) is 9.62 Å². The molecular weight excluding hydrogens is 435 g/mol. The minimum absolute atomic E-state index is 0.0620. The summed E-state index contributed by atoms with van der Waals surface area (Å²) in [7, 11) is -1.39. The Bertz CT molecular complexity index is 1080. The maximum Gasteiger partial charge on any atom is 0.242 e. The predicted octanol–water partition coefficient (Wildman–Crippen LogP) is 2.55. The molecule has 0 saturated carbocycles. The highest BCUT2D eigenvalue weighted by Crippen LogP contribution is 2.40. The van der Waals surface area contributed by atoms with Gasteiger partial charge in [-0.3, -0.25) is 9.10 Å². The third kappa shape index (κ3) is 4.69. The van der Waals surface area contributed by atoms with Crippen LogP contribution in [0, 0.1) is 5.82 Å². The SMILES string of the molecule is C=C1N[C@](COCc2ccccc2)(c2ccccc2F)C(CC(=O)COC)S(=O)(=O)N1C. The molecule has 1 N–H and O–H groups in total. The Morgan fingerprint density at radius 1 is 1.19 bits per heavy atom. The first kappa shape index (κ1) is 23.9. The molecule has 0 aliphatic carbocycles. The van der Waals surface area contributed by atoms with Crippen LogP contribution in [0.2, 0.25) is 0 Å². The molecule has 1 saturated heterocycles. The molecule has 0 bridgehead atoms. The maximum absolute atomic E-state index is 15.1. The average molecular weight is 463 g/mol. The van der Waals surface area contributed by atoms with Gasteiger partial charge in [-0.1, -0.05) is 55.1 Å². The number of carbonyl (C=O) groups is 1. The zero-order chi connectivity index (χ0) is 23.4. The molecule has 0 amide bonds. The highest BCUT2D eigenvalue weighted by Gasteiger charge is 2.55. The van der Waals surface area contributed by atoms with Crippen LogP contribution in [0.1, 0.15) is 17.5 Å². The van der Waals surface area contributed by atoms with Crippen molar-refractivity contribution in [3.63, 3.8) is 0 Å². The van der Waals surface area contributed by atoms with E-state index >= 15 is 4.39 Å². The summed E-state index contributed by atoms with van der Waals surface area (Å²) in [5, 5.41) is 1.72. The van der Waals surface area contributed by atoms with E-state index in [9.17, 15) is 13.2 Å². The molecule has 32 heavy (non-hydrogen) atoms. The van der Waals surface area contributed by atoms with Crippen molar-refractivity contribution in [2.24, 2.45) is 0 Å². The first-order valence-electron chi connectivity index (χ1n) is 10.0. The molecule has 0 radical (unpaired) electrons. The number of methoxy groups -OCH3 is 1. The van der Waals surface area contributed by atoms with Crippen LogP contribution in [-0.2, 0) is 36.4 Å². The molecule has 7 nitrogen and oxygen atoms in total. The number of rotatable bonds is 9. The van der Waals surface area contributed by atoms with Crippen LogP contribution in [-0.4, -0.2) is 51.1 Å². The number of benzene rings is 2. The summed E-state index contributed by atoms with van der Waals surface area (Å²) in [5.41, 5.74) is -0.620. The van der Waals surface area contributed by atoms with Crippen molar-refractivity contribution in [3.8, 4) is 0 Å². The Balaban J connectivity index is 2.08. The molecular formula is C23H27FN2O5S. The third-order valence-electron chi connectivity index (χ3n) is 5.55. The second kappa shape index (κ2) is 9.81. The van der Waals surface area contributed by atoms with E-state index in [2.05, 4.69) is 11.9 Å². The van der Waals surface area contributed by atoms with Crippen LogP contribution in [0.25, 0.3) is 0 Å². The highest BCUT2D eigenvalue weighted by molar-refractivity contribution is 7.90. The zero-order valence-electron chi connectivity index (χ0n) is 18.1. The Morgan fingerprint density at radius 3 is 2.50 bits per heavy atom. The number of Topliss-reactive ketones (excluding diaryl/α,β-unsaturated/α-hetero) is 1. The van der Waals surface area contributed by atoms with Gasteiger partial charge in [0.25, 0.3) is 0 Å². The number of nitrogens with one attached hydrogen (secondary N) is 1. The van der Waals surface area contributed by atoms with Gasteiger partial charge in [-0.25, -0.2) is 12.8 Å². The Kier molecular flexibility index (Phi) is 7.33. The minimum Gasteiger partial charge on any atom is -0.377 e. The molecule has 2 aromatic rings. The van der Waals surface area contributed by atoms with Crippen LogP contribution in [0.3, 0.4) is 0 Å². The summed E-state index contributed by atoms with van der Waals surface area (Å²) < 4.78 is 53.8. The summed E-state index contributed by atoms with van der Waals surface area (Å²) in [4.78, 5) is 12.5. The molecule has 2 atom stereocenters. The number of hydrogen-bond acceptors (Lipinski definition) is 6. The molecule has 1 unspecified atom stereocenters. The molecule has 0 spiro atoms. The first-order valence-corrected chi connectivity index (χ1v) is 11.5. The van der Waals surface area contributed by atoms with Gasteiger partial charge in [0.1, 0.15) is 29.0 Å². The van der Waals surface area contributed by atoms with Crippen LogP contribution < -0.4 is 5.32 Å². The predicted molar refractivity (Wildman–Crippen MR) is 118 cm³/mol. The molecule has 1 heterocycles. The van der Waals surface area contributed by atoms with Gasteiger partial charge < -0.3 is 14.8 Å². The van der Waals surface area contributed by atoms with E-state index in [1.54, 1.807) is 6.07 Å². The molecule has 3 rings (SSSR count). The lowest BCUT2D eigenvalue weighted by molar-refractivity contribution is -0.123. The summed E-state index contributed by atoms with van der Waals surface area (Å²) in [5.74, 6) is -0.973. The van der Waals surface area contributed by atoms with Crippen LogP contribution in [0.15, 0.2) is 67.0 Å². The van der Waals surface area contributed by atoms with Crippen molar-refractivity contribution >= 4 is 15.8 Å². The molecule has 9 heteroatoms. The van der Waals surface area contributed by atoms with E-state index in [1.165, 1.54) is 32.4 Å². The van der Waals surface area contributed by atoms with Gasteiger partial charge >= 0.3 is 0 Å². The van der Waals surface area contributed by atoms with Crippen molar-refractivity contribution in [1.29, 1.82) is 0 Å². The van der Waals surface area contributed by atoms with Crippen LogP contribution in [0.5, 0.6) is 0 Å². The van der Waals surface area contributed by atoms with Gasteiger partial charge in [0.15, 0.2) is 5.78 Å². The molecule has 2 aromatic carbocycles. The number of ketones is 1. The lowest BCUT2D eigenvalue weighted by Gasteiger charge is -2.48. The second-order valence-electron chi connectivity index (χ2n) is 7.68. The Labute approximate surface area is 187 Å². The van der Waals surface area contributed by atoms with Gasteiger partial charge in [-0.15, -0.1) is 0 Å². The molecule has 1 aliphatic heterocycles. The van der Waals surface area contributed by atoms with E-state index in [0.29, 0.717) is 0 Å². The quantitative estimate of drug-likeness (QED) is 0.617. The lowest BCUT2D eigenvalue weighted by atomic mass is 9.84. The largest absolute Gasteiger partial charge is 0.377 e. The number of hydrogen-bond donors (Lipinski definition) is 1. The zero-order valence-corrected chi connectivity index (χ0v) is 18.9. The van der Waals surface area contributed by atoms with Gasteiger partial charge in [0.05, 0.1) is 13.2 Å². The third-order valence-corrected chi connectivity index (χ3v) is 7.82. The summed E-state index contributed by atoms with van der Waals surface area (Å²) in [6.45, 7) is 3.52. The highest BCUT2D eigenvalue weighted by atomic mass is 32.2. The van der Waals surface area contributed by atoms with Crippen molar-refractivity contribution in [2.45, 2.75) is 23.8 Å². The summed E-state index contributed by atoms with van der Waals surface area (Å²) in [6.07, 6.45) is -0.385. The number of halogens is 1. The number of nitrogens with zero attached hydrogens (tertiary/aromatic N) is 1. The molecule has 0 aromatic heterocycles. The van der Waals surface area contributed by atoms with Crippen molar-refractivity contribution in [3.05, 3.63) is 83.9 Å². The number of sulfonamides is 1.